The van der Waals surface area contributed by atoms with Crippen LogP contribution in [0.4, 0.5) is 19.0 Å². The fraction of sp³-hybridized carbons (Fsp3) is 0.583. The van der Waals surface area contributed by atoms with E-state index < -0.39 is 17.8 Å². The lowest BCUT2D eigenvalue weighted by Gasteiger charge is -2.35. The van der Waals surface area contributed by atoms with Gasteiger partial charge < -0.3 is 10.0 Å². The van der Waals surface area contributed by atoms with Crippen molar-refractivity contribution in [3.05, 3.63) is 23.9 Å². The number of aliphatic hydroxyl groups excluding tert-OH is 1. The van der Waals surface area contributed by atoms with Gasteiger partial charge in [0.1, 0.15) is 5.82 Å². The Bertz CT molecular complexity index is 405. The third-order valence-corrected chi connectivity index (χ3v) is 3.32. The van der Waals surface area contributed by atoms with Crippen molar-refractivity contribution in [3.63, 3.8) is 0 Å². The molecule has 6 heteroatoms. The lowest BCUT2D eigenvalue weighted by molar-refractivity contribution is -0.137. The van der Waals surface area contributed by atoms with Crippen molar-refractivity contribution in [2.45, 2.75) is 25.6 Å². The second kappa shape index (κ2) is 4.76. The third-order valence-electron chi connectivity index (χ3n) is 3.32. The Balaban J connectivity index is 2.11. The zero-order valence-electron chi connectivity index (χ0n) is 9.98. The van der Waals surface area contributed by atoms with Gasteiger partial charge in [-0.1, -0.05) is 6.92 Å². The van der Waals surface area contributed by atoms with E-state index in [1.807, 2.05) is 11.8 Å². The Hall–Kier alpha value is -1.30. The molecular formula is C12H15F3N2O. The van der Waals surface area contributed by atoms with Crippen LogP contribution in [0.3, 0.4) is 0 Å². The first-order valence-electron chi connectivity index (χ1n) is 5.84. The number of piperidine rings is 1. The third kappa shape index (κ3) is 2.75. The highest BCUT2D eigenvalue weighted by atomic mass is 19.4. The van der Waals surface area contributed by atoms with Crippen LogP contribution in [0.2, 0.25) is 0 Å². The summed E-state index contributed by atoms with van der Waals surface area (Å²) in [6, 6.07) is 2.37. The summed E-state index contributed by atoms with van der Waals surface area (Å²) in [5.74, 6) is 0.699. The first-order valence-corrected chi connectivity index (χ1v) is 5.84. The smallest absolute Gasteiger partial charge is 0.391 e. The van der Waals surface area contributed by atoms with Crippen LogP contribution < -0.4 is 4.90 Å². The molecule has 1 aromatic rings. The average molecular weight is 260 g/mol. The Morgan fingerprint density at radius 3 is 2.61 bits per heavy atom. The Labute approximate surface area is 103 Å². The van der Waals surface area contributed by atoms with Crippen LogP contribution in [0.15, 0.2) is 18.3 Å². The number of hydrogen-bond acceptors (Lipinski definition) is 3. The molecule has 0 aromatic carbocycles. The molecule has 0 spiro atoms. The lowest BCUT2D eigenvalue weighted by atomic mass is 9.96. The highest BCUT2D eigenvalue weighted by Crippen LogP contribution is 2.30. The molecule has 18 heavy (non-hydrogen) atoms. The summed E-state index contributed by atoms with van der Waals surface area (Å²) in [6.45, 7) is 3.08. The van der Waals surface area contributed by atoms with Gasteiger partial charge >= 0.3 is 6.18 Å². The van der Waals surface area contributed by atoms with Crippen LogP contribution >= 0.6 is 0 Å². The van der Waals surface area contributed by atoms with E-state index in [0.717, 1.165) is 18.7 Å². The van der Waals surface area contributed by atoms with Crippen molar-refractivity contribution >= 4 is 5.82 Å². The van der Waals surface area contributed by atoms with Gasteiger partial charge in [-0.2, -0.15) is 13.2 Å². The topological polar surface area (TPSA) is 36.4 Å². The molecular weight excluding hydrogens is 245 g/mol. The van der Waals surface area contributed by atoms with E-state index in [9.17, 15) is 18.3 Å². The SMILES string of the molecule is CC1CCN(c2ccc(C(F)(F)F)cn2)CC1O. The van der Waals surface area contributed by atoms with Crippen molar-refractivity contribution in [2.75, 3.05) is 18.0 Å². The fourth-order valence-corrected chi connectivity index (χ4v) is 2.00. The van der Waals surface area contributed by atoms with Gasteiger partial charge in [0, 0.05) is 19.3 Å². The molecule has 0 saturated carbocycles. The van der Waals surface area contributed by atoms with Crippen LogP contribution in [-0.4, -0.2) is 29.3 Å². The normalized spacial score (nSPS) is 25.3. The molecule has 0 amide bonds. The lowest BCUT2D eigenvalue weighted by Crippen LogP contribution is -2.43. The van der Waals surface area contributed by atoms with E-state index in [2.05, 4.69) is 4.98 Å². The number of anilines is 1. The van der Waals surface area contributed by atoms with Crippen molar-refractivity contribution in [1.29, 1.82) is 0 Å². The number of β-amino-alcohol motifs (C(OH)–C–C–N with tert-alkyl or cyclic N) is 1. The molecule has 2 rings (SSSR count). The second-order valence-electron chi connectivity index (χ2n) is 4.68. The molecule has 3 nitrogen and oxygen atoms in total. The largest absolute Gasteiger partial charge is 0.417 e. The molecule has 1 fully saturated rings. The second-order valence-corrected chi connectivity index (χ2v) is 4.68. The van der Waals surface area contributed by atoms with Gasteiger partial charge in [0.05, 0.1) is 11.7 Å². The Morgan fingerprint density at radius 1 is 1.39 bits per heavy atom. The molecule has 2 atom stereocenters. The van der Waals surface area contributed by atoms with Gasteiger partial charge in [-0.05, 0) is 24.5 Å². The van der Waals surface area contributed by atoms with Gasteiger partial charge in [-0.25, -0.2) is 4.98 Å². The quantitative estimate of drug-likeness (QED) is 0.841. The molecule has 2 heterocycles. The van der Waals surface area contributed by atoms with Crippen molar-refractivity contribution in [3.8, 4) is 0 Å². The Morgan fingerprint density at radius 2 is 2.11 bits per heavy atom. The highest BCUT2D eigenvalue weighted by molar-refractivity contribution is 5.40. The zero-order valence-corrected chi connectivity index (χ0v) is 9.98. The molecule has 1 saturated heterocycles. The number of halogens is 3. The summed E-state index contributed by atoms with van der Waals surface area (Å²) in [5.41, 5.74) is -0.753. The fourth-order valence-electron chi connectivity index (χ4n) is 2.00. The summed E-state index contributed by atoms with van der Waals surface area (Å²) in [7, 11) is 0. The van der Waals surface area contributed by atoms with Crippen LogP contribution in [0.1, 0.15) is 18.9 Å². The van der Waals surface area contributed by atoms with E-state index in [-0.39, 0.29) is 5.92 Å². The van der Waals surface area contributed by atoms with Gasteiger partial charge in [-0.3, -0.25) is 0 Å². The summed E-state index contributed by atoms with van der Waals surface area (Å²) < 4.78 is 37.1. The van der Waals surface area contributed by atoms with Crippen LogP contribution in [0.5, 0.6) is 0 Å². The maximum absolute atomic E-state index is 12.4. The number of aliphatic hydroxyl groups is 1. The standard InChI is InChI=1S/C12H15F3N2O/c1-8-4-5-17(7-10(8)18)11-3-2-9(6-16-11)12(13,14)15/h2-3,6,8,10,18H,4-5,7H2,1H3. The number of pyridine rings is 1. The molecule has 2 unspecified atom stereocenters. The number of nitrogens with zero attached hydrogens (tertiary/aromatic N) is 2. The maximum Gasteiger partial charge on any atom is 0.417 e. The predicted octanol–water partition coefficient (Wildman–Crippen LogP) is 2.31. The molecule has 0 aliphatic carbocycles. The van der Waals surface area contributed by atoms with Crippen molar-refractivity contribution < 1.29 is 18.3 Å². The van der Waals surface area contributed by atoms with Gasteiger partial charge in [0.15, 0.2) is 0 Å². The predicted molar refractivity (Wildman–Crippen MR) is 61.2 cm³/mol. The minimum atomic E-state index is -4.36. The van der Waals surface area contributed by atoms with E-state index in [1.165, 1.54) is 6.07 Å². The molecule has 0 radical (unpaired) electrons. The van der Waals surface area contributed by atoms with Gasteiger partial charge in [0.25, 0.3) is 0 Å². The monoisotopic (exact) mass is 260 g/mol. The molecule has 1 N–H and O–H groups in total. The van der Waals surface area contributed by atoms with E-state index >= 15 is 0 Å². The minimum absolute atomic E-state index is 0.218. The van der Waals surface area contributed by atoms with E-state index in [1.54, 1.807) is 0 Å². The molecule has 1 aromatic heterocycles. The zero-order chi connectivity index (χ0) is 13.3. The number of aromatic nitrogens is 1. The van der Waals surface area contributed by atoms with Crippen LogP contribution in [0, 0.1) is 5.92 Å². The van der Waals surface area contributed by atoms with Crippen LogP contribution in [0.25, 0.3) is 0 Å². The average Bonchev–Trinajstić information content (AvgIpc) is 2.32. The first-order chi connectivity index (χ1) is 8.38. The van der Waals surface area contributed by atoms with Gasteiger partial charge in [0.2, 0.25) is 0 Å². The van der Waals surface area contributed by atoms with E-state index in [4.69, 9.17) is 0 Å². The van der Waals surface area contributed by atoms with Crippen molar-refractivity contribution in [2.24, 2.45) is 5.92 Å². The summed E-state index contributed by atoms with van der Waals surface area (Å²) in [6.07, 6.45) is -3.17. The number of rotatable bonds is 1. The molecule has 1 aliphatic rings. The Kier molecular flexibility index (Phi) is 3.47. The summed E-state index contributed by atoms with van der Waals surface area (Å²) in [5, 5.41) is 9.74. The summed E-state index contributed by atoms with van der Waals surface area (Å²) in [4.78, 5) is 5.63. The molecule has 1 aliphatic heterocycles. The molecule has 0 bridgehead atoms. The van der Waals surface area contributed by atoms with Crippen LogP contribution in [-0.2, 0) is 6.18 Å². The number of hydrogen-bond donors (Lipinski definition) is 1. The van der Waals surface area contributed by atoms with Crippen molar-refractivity contribution in [1.82, 2.24) is 4.98 Å². The molecule has 100 valence electrons. The minimum Gasteiger partial charge on any atom is -0.391 e. The number of alkyl halides is 3. The first kappa shape index (κ1) is 13.1. The van der Waals surface area contributed by atoms with E-state index in [0.29, 0.717) is 18.9 Å². The highest BCUT2D eigenvalue weighted by Gasteiger charge is 2.31. The maximum atomic E-state index is 12.4. The summed E-state index contributed by atoms with van der Waals surface area (Å²) >= 11 is 0. The van der Waals surface area contributed by atoms with Gasteiger partial charge in [-0.15, -0.1) is 0 Å².